The summed E-state index contributed by atoms with van der Waals surface area (Å²) in [6.07, 6.45) is 3.02. The molecule has 2 nitrogen and oxygen atoms in total. The molecule has 0 bridgehead atoms. The third-order valence-corrected chi connectivity index (χ3v) is 2.84. The highest BCUT2D eigenvalue weighted by Crippen LogP contribution is 2.18. The van der Waals surface area contributed by atoms with Gasteiger partial charge in [-0.25, -0.2) is 0 Å². The van der Waals surface area contributed by atoms with E-state index >= 15 is 0 Å². The van der Waals surface area contributed by atoms with Crippen molar-refractivity contribution in [2.75, 3.05) is 5.32 Å². The Bertz CT molecular complexity index is 491. The van der Waals surface area contributed by atoms with Gasteiger partial charge in [0.1, 0.15) is 0 Å². The first kappa shape index (κ1) is 11.9. The van der Waals surface area contributed by atoms with Gasteiger partial charge in [-0.15, -0.1) is 0 Å². The summed E-state index contributed by atoms with van der Waals surface area (Å²) in [6.45, 7) is 6.73. The Morgan fingerprint density at radius 1 is 1.18 bits per heavy atom. The quantitative estimate of drug-likeness (QED) is 0.852. The molecule has 90 valence electrons. The van der Waals surface area contributed by atoms with E-state index in [-0.39, 0.29) is 0 Å². The predicted molar refractivity (Wildman–Crippen MR) is 74.3 cm³/mol. The van der Waals surface area contributed by atoms with Gasteiger partial charge in [0.25, 0.3) is 0 Å². The normalized spacial score (nSPS) is 12.9. The summed E-state index contributed by atoms with van der Waals surface area (Å²) < 4.78 is 0. The van der Waals surface area contributed by atoms with E-state index in [0.717, 1.165) is 11.4 Å². The van der Waals surface area contributed by atoms with E-state index in [1.807, 2.05) is 12.3 Å². The summed E-state index contributed by atoms with van der Waals surface area (Å²) in [7, 11) is 0. The lowest BCUT2D eigenvalue weighted by atomic mass is 10.0. The van der Waals surface area contributed by atoms with E-state index < -0.39 is 0 Å². The van der Waals surface area contributed by atoms with E-state index in [9.17, 15) is 0 Å². The Kier molecular flexibility index (Phi) is 3.62. The number of hydrogen-bond donors (Lipinski definition) is 1. The minimum absolute atomic E-state index is 0.504. The van der Waals surface area contributed by atoms with Crippen LogP contribution >= 0.6 is 0 Å². The first-order chi connectivity index (χ1) is 8.15. The fourth-order valence-electron chi connectivity index (χ4n) is 2.22. The van der Waals surface area contributed by atoms with Gasteiger partial charge in [-0.1, -0.05) is 19.9 Å². The van der Waals surface area contributed by atoms with Crippen LogP contribution in [0.3, 0.4) is 0 Å². The van der Waals surface area contributed by atoms with Gasteiger partial charge in [0, 0.05) is 23.3 Å². The lowest BCUT2D eigenvalue weighted by molar-refractivity contribution is 0.540. The molecular formula is C15H20N2. The summed E-state index contributed by atoms with van der Waals surface area (Å²) in [4.78, 5) is 4.32. The van der Waals surface area contributed by atoms with Gasteiger partial charge >= 0.3 is 0 Å². The van der Waals surface area contributed by atoms with Crippen molar-refractivity contribution in [1.82, 2.24) is 4.98 Å². The molecule has 1 unspecified atom stereocenters. The Labute approximate surface area is 103 Å². The fraction of sp³-hybridized carbons (Fsp3) is 0.400. The lowest BCUT2D eigenvalue weighted by Gasteiger charge is -2.17. The van der Waals surface area contributed by atoms with E-state index in [0.29, 0.717) is 6.04 Å². The van der Waals surface area contributed by atoms with E-state index in [1.54, 1.807) is 0 Å². The van der Waals surface area contributed by atoms with Crippen LogP contribution in [0.15, 0.2) is 36.5 Å². The zero-order valence-corrected chi connectivity index (χ0v) is 10.8. The average molecular weight is 228 g/mol. The number of pyridine rings is 1. The second-order valence-corrected chi connectivity index (χ2v) is 5.09. The zero-order chi connectivity index (χ0) is 12.3. The standard InChI is InChI=1S/C15H20N2/c1-11(2)9-12(3)17-14-6-7-15-13(10-14)5-4-8-16-15/h4-8,10-12,17H,9H2,1-3H3. The van der Waals surface area contributed by atoms with Gasteiger partial charge in [-0.05, 0) is 43.5 Å². The SMILES string of the molecule is CC(C)CC(C)Nc1ccc2ncccc2c1. The second-order valence-electron chi connectivity index (χ2n) is 5.09. The van der Waals surface area contributed by atoms with Crippen LogP contribution in [0.1, 0.15) is 27.2 Å². The number of nitrogens with one attached hydrogen (secondary N) is 1. The number of rotatable bonds is 4. The molecule has 0 radical (unpaired) electrons. The maximum absolute atomic E-state index is 4.32. The van der Waals surface area contributed by atoms with Crippen molar-refractivity contribution in [2.24, 2.45) is 5.92 Å². The molecule has 0 saturated heterocycles. The third kappa shape index (κ3) is 3.19. The largest absolute Gasteiger partial charge is 0.383 e. The van der Waals surface area contributed by atoms with Crippen molar-refractivity contribution in [2.45, 2.75) is 33.2 Å². The number of nitrogens with zero attached hydrogens (tertiary/aromatic N) is 1. The Balaban J connectivity index is 2.14. The summed E-state index contributed by atoms with van der Waals surface area (Å²) in [5, 5.41) is 4.73. The molecular weight excluding hydrogens is 208 g/mol. The number of fused-ring (bicyclic) bond motifs is 1. The summed E-state index contributed by atoms with van der Waals surface area (Å²) in [5.41, 5.74) is 2.23. The third-order valence-electron chi connectivity index (χ3n) is 2.84. The van der Waals surface area contributed by atoms with Crippen molar-refractivity contribution < 1.29 is 0 Å². The van der Waals surface area contributed by atoms with Crippen molar-refractivity contribution in [3.05, 3.63) is 36.5 Å². The van der Waals surface area contributed by atoms with Gasteiger partial charge in [0.2, 0.25) is 0 Å². The lowest BCUT2D eigenvalue weighted by Crippen LogP contribution is -2.17. The second kappa shape index (κ2) is 5.17. The van der Waals surface area contributed by atoms with Crippen molar-refractivity contribution in [1.29, 1.82) is 0 Å². The van der Waals surface area contributed by atoms with Gasteiger partial charge in [0.15, 0.2) is 0 Å². The Hall–Kier alpha value is -1.57. The highest BCUT2D eigenvalue weighted by Gasteiger charge is 2.05. The molecule has 0 aliphatic carbocycles. The van der Waals surface area contributed by atoms with Crippen LogP contribution < -0.4 is 5.32 Å². The van der Waals surface area contributed by atoms with E-state index in [1.165, 1.54) is 17.5 Å². The van der Waals surface area contributed by atoms with Crippen LogP contribution in [0.5, 0.6) is 0 Å². The van der Waals surface area contributed by atoms with Crippen molar-refractivity contribution in [3.8, 4) is 0 Å². The van der Waals surface area contributed by atoms with Crippen LogP contribution in [0, 0.1) is 5.92 Å². The first-order valence-corrected chi connectivity index (χ1v) is 6.26. The molecule has 1 N–H and O–H groups in total. The molecule has 17 heavy (non-hydrogen) atoms. The molecule has 2 heteroatoms. The number of benzene rings is 1. The molecule has 2 rings (SSSR count). The topological polar surface area (TPSA) is 24.9 Å². The molecule has 0 aliphatic rings. The average Bonchev–Trinajstić information content (AvgIpc) is 2.27. The fourth-order valence-corrected chi connectivity index (χ4v) is 2.22. The van der Waals surface area contributed by atoms with Crippen LogP contribution in [0.4, 0.5) is 5.69 Å². The summed E-state index contributed by atoms with van der Waals surface area (Å²) in [6, 6.07) is 10.9. The molecule has 0 saturated carbocycles. The first-order valence-electron chi connectivity index (χ1n) is 6.26. The van der Waals surface area contributed by atoms with E-state index in [2.05, 4.69) is 55.3 Å². The minimum Gasteiger partial charge on any atom is -0.383 e. The molecule has 1 aromatic heterocycles. The molecule has 1 atom stereocenters. The van der Waals surface area contributed by atoms with Crippen molar-refractivity contribution >= 4 is 16.6 Å². The highest BCUT2D eigenvalue weighted by atomic mass is 14.9. The number of hydrogen-bond acceptors (Lipinski definition) is 2. The molecule has 0 spiro atoms. The summed E-state index contributed by atoms with van der Waals surface area (Å²) in [5.74, 6) is 0.722. The Morgan fingerprint density at radius 3 is 2.76 bits per heavy atom. The molecule has 0 fully saturated rings. The van der Waals surface area contributed by atoms with Crippen molar-refractivity contribution in [3.63, 3.8) is 0 Å². The summed E-state index contributed by atoms with van der Waals surface area (Å²) >= 11 is 0. The van der Waals surface area contributed by atoms with Crippen LogP contribution in [0.25, 0.3) is 10.9 Å². The molecule has 2 aromatic rings. The molecule has 0 amide bonds. The maximum atomic E-state index is 4.32. The zero-order valence-electron chi connectivity index (χ0n) is 10.8. The molecule has 1 heterocycles. The van der Waals surface area contributed by atoms with E-state index in [4.69, 9.17) is 0 Å². The number of anilines is 1. The predicted octanol–water partition coefficient (Wildman–Crippen LogP) is 4.08. The van der Waals surface area contributed by atoms with Crippen LogP contribution in [-0.4, -0.2) is 11.0 Å². The Morgan fingerprint density at radius 2 is 2.00 bits per heavy atom. The molecule has 0 aliphatic heterocycles. The monoisotopic (exact) mass is 228 g/mol. The van der Waals surface area contributed by atoms with Gasteiger partial charge in [0.05, 0.1) is 5.52 Å². The van der Waals surface area contributed by atoms with Crippen LogP contribution in [-0.2, 0) is 0 Å². The van der Waals surface area contributed by atoms with Gasteiger partial charge in [-0.3, -0.25) is 4.98 Å². The highest BCUT2D eigenvalue weighted by molar-refractivity contribution is 5.82. The van der Waals surface area contributed by atoms with Crippen LogP contribution in [0.2, 0.25) is 0 Å². The van der Waals surface area contributed by atoms with Gasteiger partial charge < -0.3 is 5.32 Å². The number of aromatic nitrogens is 1. The minimum atomic E-state index is 0.504. The maximum Gasteiger partial charge on any atom is 0.0703 e. The van der Waals surface area contributed by atoms with Gasteiger partial charge in [-0.2, -0.15) is 0 Å². The smallest absolute Gasteiger partial charge is 0.0703 e. The molecule has 1 aromatic carbocycles.